The highest BCUT2D eigenvalue weighted by molar-refractivity contribution is 5.81. The number of amides is 1. The molecule has 0 spiro atoms. The number of esters is 1. The largest absolute Gasteiger partial charge is 0.455 e. The van der Waals surface area contributed by atoms with Crippen molar-refractivity contribution in [2.24, 2.45) is 5.92 Å². The Morgan fingerprint density at radius 2 is 1.86 bits per heavy atom. The maximum Gasteiger partial charge on any atom is 0.309 e. The Labute approximate surface area is 164 Å². The van der Waals surface area contributed by atoms with Gasteiger partial charge in [0.05, 0.1) is 10.8 Å². The van der Waals surface area contributed by atoms with Crippen molar-refractivity contribution in [3.8, 4) is 0 Å². The normalized spacial score (nSPS) is 20.7. The van der Waals surface area contributed by atoms with Crippen molar-refractivity contribution in [2.75, 3.05) is 31.1 Å². The Morgan fingerprint density at radius 1 is 1.14 bits per heavy atom. The maximum atomic E-state index is 12.4. The van der Waals surface area contributed by atoms with Gasteiger partial charge in [-0.1, -0.05) is 12.1 Å². The topological polar surface area (TPSA) is 93.0 Å². The van der Waals surface area contributed by atoms with Crippen LogP contribution in [0, 0.1) is 16.0 Å². The van der Waals surface area contributed by atoms with Gasteiger partial charge in [0, 0.05) is 31.7 Å². The van der Waals surface area contributed by atoms with E-state index in [1.54, 1.807) is 23.1 Å². The monoisotopic (exact) mass is 389 g/mol. The first kappa shape index (κ1) is 20.1. The molecule has 1 aromatic carbocycles. The minimum atomic E-state index is -0.386. The van der Waals surface area contributed by atoms with Gasteiger partial charge in [0.15, 0.2) is 6.61 Å². The van der Waals surface area contributed by atoms with Gasteiger partial charge in [0.25, 0.3) is 11.6 Å². The van der Waals surface area contributed by atoms with E-state index in [9.17, 15) is 19.7 Å². The quantitative estimate of drug-likeness (QED) is 0.437. The van der Waals surface area contributed by atoms with Crippen LogP contribution in [0.1, 0.15) is 39.0 Å². The van der Waals surface area contributed by atoms with Crippen molar-refractivity contribution in [1.29, 1.82) is 0 Å². The summed E-state index contributed by atoms with van der Waals surface area (Å²) in [6.07, 6.45) is 4.22. The van der Waals surface area contributed by atoms with Crippen LogP contribution in [0.15, 0.2) is 24.3 Å². The van der Waals surface area contributed by atoms with Crippen LogP contribution < -0.4 is 4.90 Å². The van der Waals surface area contributed by atoms with Crippen molar-refractivity contribution in [3.05, 3.63) is 34.4 Å². The number of para-hydroxylation sites is 2. The molecular formula is C20H27N3O5. The Kier molecular flexibility index (Phi) is 6.49. The van der Waals surface area contributed by atoms with Crippen LogP contribution in [0.2, 0.25) is 0 Å². The number of nitrogens with zero attached hydrogens (tertiary/aromatic N) is 3. The molecule has 0 aliphatic carbocycles. The van der Waals surface area contributed by atoms with Crippen LogP contribution in [0.25, 0.3) is 0 Å². The van der Waals surface area contributed by atoms with Crippen LogP contribution in [0.5, 0.6) is 0 Å². The fourth-order valence-electron chi connectivity index (χ4n) is 4.04. The molecule has 2 saturated heterocycles. The van der Waals surface area contributed by atoms with Gasteiger partial charge in [0.2, 0.25) is 0 Å². The zero-order chi connectivity index (χ0) is 20.1. The maximum absolute atomic E-state index is 12.4. The van der Waals surface area contributed by atoms with Gasteiger partial charge in [-0.25, -0.2) is 0 Å². The van der Waals surface area contributed by atoms with Gasteiger partial charge in [0.1, 0.15) is 5.69 Å². The molecule has 1 atom stereocenters. The minimum Gasteiger partial charge on any atom is -0.455 e. The molecule has 0 aromatic heterocycles. The van der Waals surface area contributed by atoms with Gasteiger partial charge in [-0.05, 0) is 45.1 Å². The summed E-state index contributed by atoms with van der Waals surface area (Å²) < 4.78 is 5.29. The molecule has 2 heterocycles. The molecule has 0 N–H and O–H groups in total. The SMILES string of the molecule is C[C@@H]1CCCCN1C(=O)COC(=O)C1CCN(c2ccccc2[N+](=O)[O-])CC1. The molecule has 152 valence electrons. The predicted molar refractivity (Wildman–Crippen MR) is 104 cm³/mol. The Balaban J connectivity index is 1.49. The summed E-state index contributed by atoms with van der Waals surface area (Å²) in [4.78, 5) is 39.2. The number of nitro groups is 1. The predicted octanol–water partition coefficient (Wildman–Crippen LogP) is 2.76. The van der Waals surface area contributed by atoms with Crippen molar-refractivity contribution in [3.63, 3.8) is 0 Å². The van der Waals surface area contributed by atoms with E-state index in [1.807, 2.05) is 11.8 Å². The summed E-state index contributed by atoms with van der Waals surface area (Å²) in [7, 11) is 0. The summed E-state index contributed by atoms with van der Waals surface area (Å²) >= 11 is 0. The highest BCUT2D eigenvalue weighted by Gasteiger charge is 2.30. The molecule has 1 amide bonds. The van der Waals surface area contributed by atoms with Crippen LogP contribution in [0.4, 0.5) is 11.4 Å². The number of rotatable bonds is 5. The van der Waals surface area contributed by atoms with E-state index in [4.69, 9.17) is 4.74 Å². The molecule has 0 saturated carbocycles. The van der Waals surface area contributed by atoms with Gasteiger partial charge in [-0.3, -0.25) is 19.7 Å². The fourth-order valence-corrected chi connectivity index (χ4v) is 4.04. The van der Waals surface area contributed by atoms with E-state index in [2.05, 4.69) is 0 Å². The second-order valence-electron chi connectivity index (χ2n) is 7.55. The number of carbonyl (C=O) groups is 2. The molecule has 2 fully saturated rings. The zero-order valence-corrected chi connectivity index (χ0v) is 16.2. The van der Waals surface area contributed by atoms with E-state index in [0.29, 0.717) is 31.6 Å². The van der Waals surface area contributed by atoms with E-state index < -0.39 is 0 Å². The highest BCUT2D eigenvalue weighted by atomic mass is 16.6. The molecular weight excluding hydrogens is 362 g/mol. The van der Waals surface area contributed by atoms with Gasteiger partial charge in [-0.2, -0.15) is 0 Å². The number of carbonyl (C=O) groups excluding carboxylic acids is 2. The molecule has 8 heteroatoms. The first-order valence-corrected chi connectivity index (χ1v) is 9.92. The molecule has 28 heavy (non-hydrogen) atoms. The van der Waals surface area contributed by atoms with E-state index in [1.165, 1.54) is 6.07 Å². The number of benzene rings is 1. The molecule has 3 rings (SSSR count). The van der Waals surface area contributed by atoms with Gasteiger partial charge in [-0.15, -0.1) is 0 Å². The van der Waals surface area contributed by atoms with Crippen molar-refractivity contribution < 1.29 is 19.2 Å². The van der Waals surface area contributed by atoms with Crippen LogP contribution in [-0.4, -0.2) is 54.0 Å². The third kappa shape index (κ3) is 4.61. The third-order valence-corrected chi connectivity index (χ3v) is 5.71. The zero-order valence-electron chi connectivity index (χ0n) is 16.2. The second-order valence-corrected chi connectivity index (χ2v) is 7.55. The summed E-state index contributed by atoms with van der Waals surface area (Å²) in [5.41, 5.74) is 0.651. The lowest BCUT2D eigenvalue weighted by Gasteiger charge is -2.34. The number of hydrogen-bond acceptors (Lipinski definition) is 6. The number of piperidine rings is 2. The average Bonchev–Trinajstić information content (AvgIpc) is 2.72. The Morgan fingerprint density at radius 3 is 2.54 bits per heavy atom. The number of anilines is 1. The number of ether oxygens (including phenoxy) is 1. The first-order valence-electron chi connectivity index (χ1n) is 9.92. The van der Waals surface area contributed by atoms with Crippen molar-refractivity contribution in [2.45, 2.75) is 45.1 Å². The lowest BCUT2D eigenvalue weighted by atomic mass is 9.96. The number of hydrogen-bond donors (Lipinski definition) is 0. The summed E-state index contributed by atoms with van der Waals surface area (Å²) in [6.45, 7) is 3.64. The lowest BCUT2D eigenvalue weighted by Crippen LogP contribution is -2.44. The summed E-state index contributed by atoms with van der Waals surface area (Å²) in [5, 5.41) is 11.2. The molecule has 2 aliphatic rings. The highest BCUT2D eigenvalue weighted by Crippen LogP contribution is 2.31. The Bertz CT molecular complexity index is 730. The van der Waals surface area contributed by atoms with Gasteiger partial charge >= 0.3 is 5.97 Å². The molecule has 2 aliphatic heterocycles. The molecule has 0 bridgehead atoms. The number of likely N-dealkylation sites (tertiary alicyclic amines) is 1. The molecule has 0 unspecified atom stereocenters. The average molecular weight is 389 g/mol. The molecule has 1 aromatic rings. The minimum absolute atomic E-state index is 0.0739. The molecule has 0 radical (unpaired) electrons. The second kappa shape index (κ2) is 9.03. The number of nitro benzene ring substituents is 1. The first-order chi connectivity index (χ1) is 13.5. The van der Waals surface area contributed by atoms with Gasteiger partial charge < -0.3 is 14.5 Å². The Hall–Kier alpha value is -2.64. The summed E-state index contributed by atoms with van der Waals surface area (Å²) in [5.74, 6) is -0.747. The van der Waals surface area contributed by atoms with Crippen LogP contribution >= 0.6 is 0 Å². The van der Waals surface area contributed by atoms with Crippen LogP contribution in [0.3, 0.4) is 0 Å². The standard InChI is InChI=1S/C20H27N3O5/c1-15-6-4-5-11-22(15)19(24)14-28-20(25)16-9-12-21(13-10-16)17-7-2-3-8-18(17)23(26)27/h2-3,7-8,15-16H,4-6,9-14H2,1H3/t15-/m1/s1. The van der Waals surface area contributed by atoms with E-state index in [0.717, 1.165) is 25.8 Å². The van der Waals surface area contributed by atoms with E-state index in [-0.39, 0.29) is 41.1 Å². The smallest absolute Gasteiger partial charge is 0.309 e. The fraction of sp³-hybridized carbons (Fsp3) is 0.600. The van der Waals surface area contributed by atoms with E-state index >= 15 is 0 Å². The van der Waals surface area contributed by atoms with Crippen LogP contribution in [-0.2, 0) is 14.3 Å². The van der Waals surface area contributed by atoms with Crippen molar-refractivity contribution in [1.82, 2.24) is 4.90 Å². The van der Waals surface area contributed by atoms with Crippen molar-refractivity contribution >= 4 is 23.3 Å². The molecule has 8 nitrogen and oxygen atoms in total. The third-order valence-electron chi connectivity index (χ3n) is 5.71. The lowest BCUT2D eigenvalue weighted by molar-refractivity contribution is -0.384. The summed E-state index contributed by atoms with van der Waals surface area (Å²) in [6, 6.07) is 6.84.